The van der Waals surface area contributed by atoms with Gasteiger partial charge >= 0.3 is 8.25 Å². The molecular weight excluding hydrogens is 167 g/mol. The summed E-state index contributed by atoms with van der Waals surface area (Å²) in [6.45, 7) is 4.60. The normalized spacial score (nSPS) is 12.9. The molecule has 0 fully saturated rings. The van der Waals surface area contributed by atoms with Crippen molar-refractivity contribution in [2.24, 2.45) is 0 Å². The van der Waals surface area contributed by atoms with E-state index in [1.54, 1.807) is 13.8 Å². The largest absolute Gasteiger partial charge is 0.695 e. The molecule has 1 unspecified atom stereocenters. The minimum Gasteiger partial charge on any atom is -0.300 e. The molecule has 4 nitrogen and oxygen atoms in total. The lowest BCUT2D eigenvalue weighted by atomic mass is 10.0. The second-order valence-corrected chi connectivity index (χ2v) is 3.63. The third kappa shape index (κ3) is 6.10. The highest BCUT2D eigenvalue weighted by molar-refractivity contribution is 7.32. The molecule has 11 heavy (non-hydrogen) atoms. The average Bonchev–Trinajstić information content (AvgIpc) is 1.53. The van der Waals surface area contributed by atoms with E-state index in [1.165, 1.54) is 6.92 Å². The molecule has 0 radical (unpaired) electrons. The van der Waals surface area contributed by atoms with Crippen LogP contribution in [0.1, 0.15) is 27.2 Å². The monoisotopic (exact) mass is 179 g/mol. The predicted octanol–water partition coefficient (Wildman–Crippen LogP) is 1.41. The number of carbonyl (C=O) groups excluding carboxylic acids is 1. The van der Waals surface area contributed by atoms with Gasteiger partial charge in [-0.1, -0.05) is 0 Å². The number of rotatable bonds is 4. The number of hydrogen-bond acceptors (Lipinski definition) is 3. The Bertz CT molecular complexity index is 157. The first-order valence-corrected chi connectivity index (χ1v) is 4.31. The Labute approximate surface area is 66.5 Å². The van der Waals surface area contributed by atoms with E-state index in [0.717, 1.165) is 0 Å². The van der Waals surface area contributed by atoms with Crippen molar-refractivity contribution < 1.29 is 18.8 Å². The van der Waals surface area contributed by atoms with Gasteiger partial charge in [0.1, 0.15) is 11.4 Å². The third-order valence-corrected chi connectivity index (χ3v) is 1.65. The highest BCUT2D eigenvalue weighted by Crippen LogP contribution is 2.28. The molecule has 0 rings (SSSR count). The summed E-state index contributed by atoms with van der Waals surface area (Å²) in [4.78, 5) is 19.0. The molecular formula is C6H12O4P+. The maximum Gasteiger partial charge on any atom is 0.695 e. The lowest BCUT2D eigenvalue weighted by Gasteiger charge is -2.13. The first-order valence-electron chi connectivity index (χ1n) is 3.18. The van der Waals surface area contributed by atoms with Crippen LogP contribution >= 0.6 is 8.25 Å². The third-order valence-electron chi connectivity index (χ3n) is 1.000. The maximum atomic E-state index is 10.6. The zero-order valence-electron chi connectivity index (χ0n) is 6.83. The lowest BCUT2D eigenvalue weighted by molar-refractivity contribution is -0.120. The van der Waals surface area contributed by atoms with Gasteiger partial charge < -0.3 is 0 Å². The summed E-state index contributed by atoms with van der Waals surface area (Å²) >= 11 is 0. The number of Topliss-reactive ketones (excluding diaryl/α,β-unsaturated/α-hetero) is 1. The van der Waals surface area contributed by atoms with E-state index in [2.05, 4.69) is 4.52 Å². The number of ketones is 1. The quantitative estimate of drug-likeness (QED) is 0.662. The van der Waals surface area contributed by atoms with Crippen LogP contribution in [0.4, 0.5) is 0 Å². The Morgan fingerprint density at radius 3 is 2.36 bits per heavy atom. The van der Waals surface area contributed by atoms with Crippen molar-refractivity contribution in [3.63, 3.8) is 0 Å². The standard InChI is InChI=1S/C6H11O4P/c1-5(7)4-6(2,3)10-11(8)9/h4H2,1-3H3/p+1. The summed E-state index contributed by atoms with van der Waals surface area (Å²) in [5, 5.41) is 0. The Morgan fingerprint density at radius 1 is 1.64 bits per heavy atom. The Kier molecular flexibility index (Phi) is 3.79. The smallest absolute Gasteiger partial charge is 0.300 e. The molecule has 5 heteroatoms. The number of hydrogen-bond donors (Lipinski definition) is 1. The molecule has 0 aromatic heterocycles. The van der Waals surface area contributed by atoms with Gasteiger partial charge in [0, 0.05) is 11.0 Å². The zero-order valence-corrected chi connectivity index (χ0v) is 7.72. The molecule has 0 bridgehead atoms. The lowest BCUT2D eigenvalue weighted by Crippen LogP contribution is -2.24. The SMILES string of the molecule is CC(=O)CC(C)(C)O[P+](=O)O. The second kappa shape index (κ2) is 3.90. The van der Waals surface area contributed by atoms with Gasteiger partial charge in [0.2, 0.25) is 0 Å². The summed E-state index contributed by atoms with van der Waals surface area (Å²) in [6.07, 6.45) is 0.147. The van der Waals surface area contributed by atoms with E-state index in [4.69, 9.17) is 4.89 Å². The highest BCUT2D eigenvalue weighted by atomic mass is 31.1. The molecule has 0 heterocycles. The molecule has 0 aromatic rings. The van der Waals surface area contributed by atoms with Crippen LogP contribution in [-0.4, -0.2) is 16.3 Å². The van der Waals surface area contributed by atoms with Gasteiger partial charge in [-0.3, -0.25) is 4.79 Å². The zero-order chi connectivity index (χ0) is 9.07. The van der Waals surface area contributed by atoms with E-state index in [9.17, 15) is 9.36 Å². The molecule has 0 spiro atoms. The van der Waals surface area contributed by atoms with E-state index >= 15 is 0 Å². The molecule has 1 N–H and O–H groups in total. The van der Waals surface area contributed by atoms with Crippen LogP contribution in [0.2, 0.25) is 0 Å². The number of carbonyl (C=O) groups is 1. The van der Waals surface area contributed by atoms with E-state index < -0.39 is 13.9 Å². The van der Waals surface area contributed by atoms with Crippen LogP contribution in [0.15, 0.2) is 0 Å². The molecule has 0 saturated heterocycles. The molecule has 1 atom stereocenters. The van der Waals surface area contributed by atoms with Crippen LogP contribution in [0.25, 0.3) is 0 Å². The summed E-state index contributed by atoms with van der Waals surface area (Å²) in [5.74, 6) is -0.0631. The first kappa shape index (κ1) is 10.7. The molecule has 64 valence electrons. The molecule has 0 amide bonds. The van der Waals surface area contributed by atoms with Crippen LogP contribution < -0.4 is 0 Å². The Hall–Kier alpha value is -0.310. The Balaban J connectivity index is 3.99. The fourth-order valence-electron chi connectivity index (χ4n) is 0.843. The summed E-state index contributed by atoms with van der Waals surface area (Å²) in [5.41, 5.74) is -0.839. The van der Waals surface area contributed by atoms with Crippen molar-refractivity contribution in [2.75, 3.05) is 0 Å². The molecule has 0 aliphatic rings. The topological polar surface area (TPSA) is 63.6 Å². The van der Waals surface area contributed by atoms with Crippen LogP contribution in [0, 0.1) is 0 Å². The Morgan fingerprint density at radius 2 is 2.09 bits per heavy atom. The van der Waals surface area contributed by atoms with E-state index in [-0.39, 0.29) is 12.2 Å². The van der Waals surface area contributed by atoms with Gasteiger partial charge in [-0.05, 0) is 20.8 Å². The minimum atomic E-state index is -2.62. The molecule has 0 aliphatic carbocycles. The van der Waals surface area contributed by atoms with Crippen LogP contribution in [0.5, 0.6) is 0 Å². The van der Waals surface area contributed by atoms with Gasteiger partial charge in [0.15, 0.2) is 0 Å². The predicted molar refractivity (Wildman–Crippen MR) is 40.3 cm³/mol. The summed E-state index contributed by atoms with van der Waals surface area (Å²) < 4.78 is 14.8. The van der Waals surface area contributed by atoms with Gasteiger partial charge in [0.25, 0.3) is 0 Å². The average molecular weight is 179 g/mol. The van der Waals surface area contributed by atoms with Crippen molar-refractivity contribution in [1.82, 2.24) is 0 Å². The minimum absolute atomic E-state index is 0.0631. The summed E-state index contributed by atoms with van der Waals surface area (Å²) in [7, 11) is -2.62. The summed E-state index contributed by atoms with van der Waals surface area (Å²) in [6, 6.07) is 0. The van der Waals surface area contributed by atoms with Crippen molar-refractivity contribution in [2.45, 2.75) is 32.8 Å². The highest BCUT2D eigenvalue weighted by Gasteiger charge is 2.31. The van der Waals surface area contributed by atoms with Gasteiger partial charge in [0.05, 0.1) is 0 Å². The van der Waals surface area contributed by atoms with Crippen molar-refractivity contribution in [1.29, 1.82) is 0 Å². The first-order chi connectivity index (χ1) is 4.83. The van der Waals surface area contributed by atoms with Gasteiger partial charge in [-0.15, -0.1) is 9.42 Å². The van der Waals surface area contributed by atoms with Crippen LogP contribution in [-0.2, 0) is 13.9 Å². The maximum absolute atomic E-state index is 10.6. The van der Waals surface area contributed by atoms with Gasteiger partial charge in [-0.2, -0.15) is 0 Å². The van der Waals surface area contributed by atoms with Crippen molar-refractivity contribution in [3.05, 3.63) is 0 Å². The second-order valence-electron chi connectivity index (χ2n) is 2.97. The fraction of sp³-hybridized carbons (Fsp3) is 0.833. The van der Waals surface area contributed by atoms with Crippen LogP contribution in [0.3, 0.4) is 0 Å². The van der Waals surface area contributed by atoms with Crippen molar-refractivity contribution in [3.8, 4) is 0 Å². The van der Waals surface area contributed by atoms with Gasteiger partial charge in [-0.25, -0.2) is 0 Å². The van der Waals surface area contributed by atoms with Crippen molar-refractivity contribution >= 4 is 14.0 Å². The molecule has 0 aromatic carbocycles. The molecule has 0 aliphatic heterocycles. The van der Waals surface area contributed by atoms with E-state index in [0.29, 0.717) is 0 Å². The molecule has 0 saturated carbocycles. The fourth-order valence-corrected chi connectivity index (χ4v) is 1.33. The van der Waals surface area contributed by atoms with E-state index in [1.807, 2.05) is 0 Å².